The Morgan fingerprint density at radius 3 is 3.00 bits per heavy atom. The van der Waals surface area contributed by atoms with Crippen LogP contribution in [0.5, 0.6) is 0 Å². The molecule has 2 heterocycles. The number of rotatable bonds is 5. The van der Waals surface area contributed by atoms with Crippen molar-refractivity contribution in [3.8, 4) is 0 Å². The normalized spacial score (nSPS) is 18.4. The van der Waals surface area contributed by atoms with Crippen LogP contribution in [0.25, 0.3) is 0 Å². The second kappa shape index (κ2) is 6.18. The number of aromatic nitrogens is 2. The third kappa shape index (κ3) is 3.34. The molecule has 0 aromatic carbocycles. The monoisotopic (exact) mass is 328 g/mol. The van der Waals surface area contributed by atoms with Gasteiger partial charge in [0.1, 0.15) is 4.47 Å². The molecule has 1 aromatic rings. The molecule has 1 aromatic heterocycles. The summed E-state index contributed by atoms with van der Waals surface area (Å²) < 4.78 is 1.92. The summed E-state index contributed by atoms with van der Waals surface area (Å²) in [7, 11) is 0. The molecule has 1 fully saturated rings. The van der Waals surface area contributed by atoms with E-state index in [2.05, 4.69) is 31.7 Å². The standard InChI is InChI=1S/C12H17BrN4O2/c1-2-5-17-12(19)11(13)9(7-15-17)14-6-8-3-4-10(18)16-8/h7-8,14H,2-6H2,1H3,(H,16,18). The van der Waals surface area contributed by atoms with Crippen LogP contribution < -0.4 is 16.2 Å². The number of anilines is 1. The molecule has 1 amide bonds. The molecule has 2 rings (SSSR count). The molecule has 104 valence electrons. The number of hydrogen-bond acceptors (Lipinski definition) is 4. The van der Waals surface area contributed by atoms with Gasteiger partial charge in [-0.1, -0.05) is 6.92 Å². The largest absolute Gasteiger partial charge is 0.381 e. The number of carbonyl (C=O) groups is 1. The smallest absolute Gasteiger partial charge is 0.283 e. The predicted octanol–water partition coefficient (Wildman–Crippen LogP) is 1.11. The fraction of sp³-hybridized carbons (Fsp3) is 0.583. The van der Waals surface area contributed by atoms with Gasteiger partial charge in [-0.3, -0.25) is 9.59 Å². The summed E-state index contributed by atoms with van der Waals surface area (Å²) in [4.78, 5) is 23.1. The maximum absolute atomic E-state index is 12.0. The maximum atomic E-state index is 12.0. The third-order valence-electron chi connectivity index (χ3n) is 3.04. The minimum Gasteiger partial charge on any atom is -0.381 e. The number of aryl methyl sites for hydroxylation is 1. The number of amides is 1. The highest BCUT2D eigenvalue weighted by Crippen LogP contribution is 2.17. The third-order valence-corrected chi connectivity index (χ3v) is 3.81. The summed E-state index contributed by atoms with van der Waals surface area (Å²) >= 11 is 3.30. The van der Waals surface area contributed by atoms with E-state index in [4.69, 9.17) is 0 Å². The molecule has 0 aliphatic carbocycles. The summed E-state index contributed by atoms with van der Waals surface area (Å²) in [5.74, 6) is 0.0855. The number of nitrogens with one attached hydrogen (secondary N) is 2. The fourth-order valence-electron chi connectivity index (χ4n) is 2.02. The molecular weight excluding hydrogens is 312 g/mol. The van der Waals surface area contributed by atoms with Crippen LogP contribution in [0.2, 0.25) is 0 Å². The van der Waals surface area contributed by atoms with E-state index in [1.807, 2.05) is 6.92 Å². The Morgan fingerprint density at radius 1 is 1.58 bits per heavy atom. The van der Waals surface area contributed by atoms with Crippen LogP contribution in [-0.2, 0) is 11.3 Å². The van der Waals surface area contributed by atoms with Crippen molar-refractivity contribution in [1.29, 1.82) is 0 Å². The van der Waals surface area contributed by atoms with Gasteiger partial charge in [0.25, 0.3) is 5.56 Å². The van der Waals surface area contributed by atoms with E-state index in [-0.39, 0.29) is 17.5 Å². The second-order valence-electron chi connectivity index (χ2n) is 4.58. The molecule has 1 saturated heterocycles. The van der Waals surface area contributed by atoms with E-state index in [1.165, 1.54) is 4.68 Å². The fourth-order valence-corrected chi connectivity index (χ4v) is 2.47. The van der Waals surface area contributed by atoms with E-state index in [0.29, 0.717) is 29.7 Å². The molecule has 0 spiro atoms. The molecule has 0 saturated carbocycles. The Hall–Kier alpha value is -1.37. The van der Waals surface area contributed by atoms with E-state index in [9.17, 15) is 9.59 Å². The Labute approximate surface area is 119 Å². The lowest BCUT2D eigenvalue weighted by Crippen LogP contribution is -2.32. The molecule has 0 bridgehead atoms. The summed E-state index contributed by atoms with van der Waals surface area (Å²) in [6.45, 7) is 3.20. The molecule has 7 heteroatoms. The first kappa shape index (κ1) is 14.0. The highest BCUT2D eigenvalue weighted by atomic mass is 79.9. The van der Waals surface area contributed by atoms with Gasteiger partial charge in [0, 0.05) is 25.6 Å². The van der Waals surface area contributed by atoms with Crippen LogP contribution in [0.15, 0.2) is 15.5 Å². The average molecular weight is 329 g/mol. The van der Waals surface area contributed by atoms with Crippen molar-refractivity contribution in [2.45, 2.75) is 38.8 Å². The van der Waals surface area contributed by atoms with Crippen molar-refractivity contribution in [1.82, 2.24) is 15.1 Å². The van der Waals surface area contributed by atoms with Gasteiger partial charge in [-0.05, 0) is 28.8 Å². The van der Waals surface area contributed by atoms with Crippen molar-refractivity contribution in [3.05, 3.63) is 21.0 Å². The van der Waals surface area contributed by atoms with Crippen LogP contribution in [0, 0.1) is 0 Å². The number of nitrogens with zero attached hydrogens (tertiary/aromatic N) is 2. The predicted molar refractivity (Wildman–Crippen MR) is 76.1 cm³/mol. The van der Waals surface area contributed by atoms with Crippen molar-refractivity contribution >= 4 is 27.5 Å². The van der Waals surface area contributed by atoms with Gasteiger partial charge >= 0.3 is 0 Å². The van der Waals surface area contributed by atoms with Gasteiger partial charge in [-0.2, -0.15) is 5.10 Å². The van der Waals surface area contributed by atoms with Gasteiger partial charge in [0.2, 0.25) is 5.91 Å². The Balaban J connectivity index is 2.03. The van der Waals surface area contributed by atoms with Crippen LogP contribution in [0.3, 0.4) is 0 Å². The van der Waals surface area contributed by atoms with Crippen molar-refractivity contribution in [2.75, 3.05) is 11.9 Å². The zero-order valence-electron chi connectivity index (χ0n) is 10.8. The molecule has 19 heavy (non-hydrogen) atoms. The first-order valence-electron chi connectivity index (χ1n) is 6.40. The molecule has 6 nitrogen and oxygen atoms in total. The van der Waals surface area contributed by atoms with Gasteiger partial charge in [0.05, 0.1) is 11.9 Å². The number of halogens is 1. The Morgan fingerprint density at radius 2 is 2.37 bits per heavy atom. The van der Waals surface area contributed by atoms with Crippen molar-refractivity contribution in [3.63, 3.8) is 0 Å². The summed E-state index contributed by atoms with van der Waals surface area (Å²) in [6.07, 6.45) is 3.89. The Bertz CT molecular complexity index is 529. The van der Waals surface area contributed by atoms with Crippen LogP contribution >= 0.6 is 15.9 Å². The highest BCUT2D eigenvalue weighted by molar-refractivity contribution is 9.10. The zero-order chi connectivity index (χ0) is 13.8. The van der Waals surface area contributed by atoms with E-state index >= 15 is 0 Å². The van der Waals surface area contributed by atoms with Gasteiger partial charge in [-0.15, -0.1) is 0 Å². The summed E-state index contributed by atoms with van der Waals surface area (Å²) in [6, 6.07) is 0.123. The molecule has 1 atom stereocenters. The summed E-state index contributed by atoms with van der Waals surface area (Å²) in [5.41, 5.74) is 0.529. The average Bonchev–Trinajstić information content (AvgIpc) is 2.80. The second-order valence-corrected chi connectivity index (χ2v) is 5.38. The molecular formula is C12H17BrN4O2. The lowest BCUT2D eigenvalue weighted by Gasteiger charge is -2.13. The lowest BCUT2D eigenvalue weighted by molar-refractivity contribution is -0.119. The van der Waals surface area contributed by atoms with Crippen LogP contribution in [0.4, 0.5) is 5.69 Å². The van der Waals surface area contributed by atoms with E-state index in [1.54, 1.807) is 6.20 Å². The quantitative estimate of drug-likeness (QED) is 0.848. The highest BCUT2D eigenvalue weighted by Gasteiger charge is 2.20. The van der Waals surface area contributed by atoms with Gasteiger partial charge in [-0.25, -0.2) is 4.68 Å². The SMILES string of the molecule is CCCn1ncc(NCC2CCC(=O)N2)c(Br)c1=O. The topological polar surface area (TPSA) is 76.0 Å². The van der Waals surface area contributed by atoms with E-state index in [0.717, 1.165) is 12.8 Å². The summed E-state index contributed by atoms with van der Waals surface area (Å²) in [5, 5.41) is 10.1. The maximum Gasteiger partial charge on any atom is 0.283 e. The number of hydrogen-bond donors (Lipinski definition) is 2. The minimum atomic E-state index is -0.137. The molecule has 2 N–H and O–H groups in total. The van der Waals surface area contributed by atoms with E-state index < -0.39 is 0 Å². The molecule has 1 unspecified atom stereocenters. The number of carbonyl (C=O) groups excluding carboxylic acids is 1. The van der Waals surface area contributed by atoms with Crippen molar-refractivity contribution in [2.24, 2.45) is 0 Å². The van der Waals surface area contributed by atoms with Crippen LogP contribution in [0.1, 0.15) is 26.2 Å². The molecule has 0 radical (unpaired) electrons. The van der Waals surface area contributed by atoms with Gasteiger partial charge in [0.15, 0.2) is 0 Å². The van der Waals surface area contributed by atoms with Gasteiger partial charge < -0.3 is 10.6 Å². The molecule has 1 aliphatic rings. The first-order chi connectivity index (χ1) is 9.11. The first-order valence-corrected chi connectivity index (χ1v) is 7.20. The minimum absolute atomic E-state index is 0.0855. The lowest BCUT2D eigenvalue weighted by atomic mass is 10.2. The van der Waals surface area contributed by atoms with Crippen molar-refractivity contribution < 1.29 is 4.79 Å². The molecule has 1 aliphatic heterocycles. The van der Waals surface area contributed by atoms with Crippen LogP contribution in [-0.4, -0.2) is 28.3 Å². The zero-order valence-corrected chi connectivity index (χ0v) is 12.4. The Kier molecular flexibility index (Phi) is 4.57.